The Bertz CT molecular complexity index is 724. The van der Waals surface area contributed by atoms with E-state index in [2.05, 4.69) is 29.1 Å². The number of fused-ring (bicyclic) bond motifs is 1. The van der Waals surface area contributed by atoms with E-state index in [1.165, 1.54) is 22.2 Å². The van der Waals surface area contributed by atoms with Gasteiger partial charge in [0.1, 0.15) is 15.7 Å². The number of ether oxygens (including phenoxy) is 1. The van der Waals surface area contributed by atoms with Crippen molar-refractivity contribution in [3.63, 3.8) is 0 Å². The van der Waals surface area contributed by atoms with E-state index in [1.807, 2.05) is 6.92 Å². The van der Waals surface area contributed by atoms with Crippen molar-refractivity contribution in [1.82, 2.24) is 15.3 Å². The molecule has 1 aliphatic heterocycles. The number of nitrogens with one attached hydrogen (secondary N) is 1. The first kappa shape index (κ1) is 16.7. The van der Waals surface area contributed by atoms with Gasteiger partial charge in [0, 0.05) is 23.4 Å². The van der Waals surface area contributed by atoms with Gasteiger partial charge in [-0.2, -0.15) is 0 Å². The summed E-state index contributed by atoms with van der Waals surface area (Å²) in [7, 11) is 0. The van der Waals surface area contributed by atoms with Gasteiger partial charge in [-0.1, -0.05) is 11.8 Å². The molecule has 1 atom stereocenters. The lowest BCUT2D eigenvalue weighted by atomic mass is 10.2. The van der Waals surface area contributed by atoms with Crippen molar-refractivity contribution >= 4 is 39.2 Å². The van der Waals surface area contributed by atoms with Gasteiger partial charge in [-0.15, -0.1) is 11.3 Å². The van der Waals surface area contributed by atoms with E-state index < -0.39 is 0 Å². The summed E-state index contributed by atoms with van der Waals surface area (Å²) in [6.07, 6.45) is 2.30. The molecule has 5 nitrogen and oxygen atoms in total. The minimum atomic E-state index is 0.0273. The van der Waals surface area contributed by atoms with Crippen molar-refractivity contribution in [2.24, 2.45) is 0 Å². The van der Waals surface area contributed by atoms with Crippen LogP contribution in [0.2, 0.25) is 0 Å². The van der Waals surface area contributed by atoms with E-state index in [1.54, 1.807) is 11.3 Å². The van der Waals surface area contributed by atoms with Gasteiger partial charge in [-0.25, -0.2) is 9.97 Å². The summed E-state index contributed by atoms with van der Waals surface area (Å²) in [5.74, 6) is 1.15. The third-order valence-electron chi connectivity index (χ3n) is 4.00. The Hall–Kier alpha value is -1.18. The van der Waals surface area contributed by atoms with E-state index >= 15 is 0 Å². The number of carbonyl (C=O) groups is 1. The third-order valence-corrected chi connectivity index (χ3v) is 6.07. The van der Waals surface area contributed by atoms with Gasteiger partial charge in [0.15, 0.2) is 0 Å². The molecule has 7 heteroatoms. The van der Waals surface area contributed by atoms with Gasteiger partial charge in [0.2, 0.25) is 5.91 Å². The first-order valence-electron chi connectivity index (χ1n) is 7.80. The fourth-order valence-corrected chi connectivity index (χ4v) is 4.74. The minimum absolute atomic E-state index is 0.0273. The molecule has 0 saturated carbocycles. The van der Waals surface area contributed by atoms with Crippen LogP contribution in [0.5, 0.6) is 0 Å². The molecule has 23 heavy (non-hydrogen) atoms. The minimum Gasteiger partial charge on any atom is -0.376 e. The Morgan fingerprint density at radius 2 is 2.22 bits per heavy atom. The lowest BCUT2D eigenvalue weighted by Gasteiger charge is -2.10. The number of thiophene rings is 1. The highest BCUT2D eigenvalue weighted by Crippen LogP contribution is 2.34. The molecule has 3 rings (SSSR count). The van der Waals surface area contributed by atoms with E-state index in [0.29, 0.717) is 12.3 Å². The lowest BCUT2D eigenvalue weighted by Crippen LogP contribution is -2.32. The molecule has 1 fully saturated rings. The second-order valence-electron chi connectivity index (χ2n) is 5.77. The molecule has 124 valence electrons. The summed E-state index contributed by atoms with van der Waals surface area (Å²) in [6.45, 7) is 7.50. The second-order valence-corrected chi connectivity index (χ2v) is 7.93. The first-order valence-corrected chi connectivity index (χ1v) is 9.60. The number of amides is 1. The standard InChI is InChI=1S/C16H21N3O2S2/c1-9-10(2)23-16-14(9)15(18-11(3)19-16)22-8-13(20)17-7-12-5-4-6-21-12/h12H,4-8H2,1-3H3,(H,17,20)/t12-/m1/s1. The Morgan fingerprint density at radius 3 is 2.96 bits per heavy atom. The lowest BCUT2D eigenvalue weighted by molar-refractivity contribution is -0.119. The highest BCUT2D eigenvalue weighted by molar-refractivity contribution is 8.00. The Balaban J connectivity index is 1.65. The molecule has 0 bridgehead atoms. The average molecular weight is 351 g/mol. The van der Waals surface area contributed by atoms with Gasteiger partial charge in [0.25, 0.3) is 0 Å². The molecule has 2 aromatic heterocycles. The maximum Gasteiger partial charge on any atom is 0.230 e. The molecule has 1 N–H and O–H groups in total. The third kappa shape index (κ3) is 3.84. The summed E-state index contributed by atoms with van der Waals surface area (Å²) in [5, 5.41) is 4.95. The van der Waals surface area contributed by atoms with Crippen molar-refractivity contribution in [3.8, 4) is 0 Å². The van der Waals surface area contributed by atoms with Crippen LogP contribution in [0.4, 0.5) is 0 Å². The summed E-state index contributed by atoms with van der Waals surface area (Å²) >= 11 is 3.17. The number of hydrogen-bond acceptors (Lipinski definition) is 6. The average Bonchev–Trinajstić information content (AvgIpc) is 3.12. The van der Waals surface area contributed by atoms with Crippen molar-refractivity contribution < 1.29 is 9.53 Å². The summed E-state index contributed by atoms with van der Waals surface area (Å²) in [6, 6.07) is 0. The van der Waals surface area contributed by atoms with E-state index in [0.717, 1.165) is 40.5 Å². The van der Waals surface area contributed by atoms with Crippen LogP contribution in [0.1, 0.15) is 29.1 Å². The summed E-state index contributed by atoms with van der Waals surface area (Å²) in [4.78, 5) is 23.4. The Kier molecular flexibility index (Phi) is 5.18. The fourth-order valence-electron chi connectivity index (χ4n) is 2.64. The van der Waals surface area contributed by atoms with Crippen LogP contribution in [-0.4, -0.2) is 40.9 Å². The van der Waals surface area contributed by atoms with Crippen LogP contribution >= 0.6 is 23.1 Å². The van der Waals surface area contributed by atoms with E-state index in [-0.39, 0.29) is 12.0 Å². The zero-order valence-electron chi connectivity index (χ0n) is 13.6. The number of aromatic nitrogens is 2. The number of aryl methyl sites for hydroxylation is 3. The number of nitrogens with zero attached hydrogens (tertiary/aromatic N) is 2. The van der Waals surface area contributed by atoms with Gasteiger partial charge >= 0.3 is 0 Å². The molecule has 0 spiro atoms. The molecule has 0 unspecified atom stereocenters. The fraction of sp³-hybridized carbons (Fsp3) is 0.562. The highest BCUT2D eigenvalue weighted by Gasteiger charge is 2.17. The van der Waals surface area contributed by atoms with Gasteiger partial charge < -0.3 is 10.1 Å². The van der Waals surface area contributed by atoms with Crippen LogP contribution < -0.4 is 5.32 Å². The zero-order valence-corrected chi connectivity index (χ0v) is 15.3. The monoisotopic (exact) mass is 351 g/mol. The number of rotatable bonds is 5. The van der Waals surface area contributed by atoms with Crippen LogP contribution in [0, 0.1) is 20.8 Å². The first-order chi connectivity index (χ1) is 11.0. The molecule has 1 aliphatic rings. The van der Waals surface area contributed by atoms with Crippen LogP contribution in [0.15, 0.2) is 5.03 Å². The highest BCUT2D eigenvalue weighted by atomic mass is 32.2. The predicted molar refractivity (Wildman–Crippen MR) is 94.3 cm³/mol. The molecule has 0 aliphatic carbocycles. The molecule has 0 aromatic carbocycles. The Labute approximate surface area is 144 Å². The number of thioether (sulfide) groups is 1. The van der Waals surface area contributed by atoms with Gasteiger partial charge in [0.05, 0.1) is 11.9 Å². The van der Waals surface area contributed by atoms with Crippen molar-refractivity contribution in [1.29, 1.82) is 0 Å². The number of carbonyl (C=O) groups excluding carboxylic acids is 1. The normalized spacial score (nSPS) is 17.8. The number of hydrogen-bond donors (Lipinski definition) is 1. The van der Waals surface area contributed by atoms with Crippen LogP contribution in [0.25, 0.3) is 10.2 Å². The second kappa shape index (κ2) is 7.15. The molecule has 3 heterocycles. The van der Waals surface area contributed by atoms with E-state index in [9.17, 15) is 4.79 Å². The predicted octanol–water partition coefficient (Wildman–Crippen LogP) is 3.00. The quantitative estimate of drug-likeness (QED) is 0.663. The van der Waals surface area contributed by atoms with Crippen LogP contribution in [0.3, 0.4) is 0 Å². The molecule has 0 radical (unpaired) electrons. The SMILES string of the molecule is Cc1nc(SCC(=O)NC[C@H]2CCCO2)c2c(C)c(C)sc2n1. The largest absolute Gasteiger partial charge is 0.376 e. The maximum atomic E-state index is 12.1. The van der Waals surface area contributed by atoms with Gasteiger partial charge in [-0.05, 0) is 39.2 Å². The molecular weight excluding hydrogens is 330 g/mol. The molecule has 2 aromatic rings. The van der Waals surface area contributed by atoms with Crippen molar-refractivity contribution in [2.75, 3.05) is 18.9 Å². The van der Waals surface area contributed by atoms with E-state index in [4.69, 9.17) is 4.74 Å². The van der Waals surface area contributed by atoms with Crippen molar-refractivity contribution in [2.45, 2.75) is 44.7 Å². The molecule has 1 saturated heterocycles. The Morgan fingerprint density at radius 1 is 1.39 bits per heavy atom. The van der Waals surface area contributed by atoms with Crippen LogP contribution in [-0.2, 0) is 9.53 Å². The van der Waals surface area contributed by atoms with Gasteiger partial charge in [-0.3, -0.25) is 4.79 Å². The zero-order chi connectivity index (χ0) is 16.4. The maximum absolute atomic E-state index is 12.1. The summed E-state index contributed by atoms with van der Waals surface area (Å²) in [5.41, 5.74) is 1.22. The summed E-state index contributed by atoms with van der Waals surface area (Å²) < 4.78 is 5.52. The molecular formula is C16H21N3O2S2. The molecule has 1 amide bonds. The van der Waals surface area contributed by atoms with Crippen molar-refractivity contribution in [3.05, 3.63) is 16.3 Å². The topological polar surface area (TPSA) is 64.1 Å². The smallest absolute Gasteiger partial charge is 0.230 e.